The second-order valence-electron chi connectivity index (χ2n) is 10.6. The number of amides is 2. The highest BCUT2D eigenvalue weighted by Crippen LogP contribution is 2.46. The van der Waals surface area contributed by atoms with E-state index in [0.29, 0.717) is 25.2 Å². The van der Waals surface area contributed by atoms with E-state index in [0.717, 1.165) is 22.3 Å². The van der Waals surface area contributed by atoms with Crippen LogP contribution in [0.1, 0.15) is 67.4 Å². The van der Waals surface area contributed by atoms with Crippen molar-refractivity contribution in [1.82, 2.24) is 14.9 Å². The van der Waals surface area contributed by atoms with Crippen molar-refractivity contribution >= 4 is 29.9 Å². The van der Waals surface area contributed by atoms with Gasteiger partial charge in [0, 0.05) is 31.5 Å². The molecule has 1 aliphatic heterocycles. The zero-order valence-corrected chi connectivity index (χ0v) is 21.5. The molecule has 0 aromatic carbocycles. The Hall–Kier alpha value is -3.75. The largest absolute Gasteiger partial charge is 0.458 e. The minimum Gasteiger partial charge on any atom is -0.458 e. The number of rotatable bonds is 5. The van der Waals surface area contributed by atoms with Gasteiger partial charge in [-0.05, 0) is 76.3 Å². The van der Waals surface area contributed by atoms with Crippen LogP contribution in [0.15, 0.2) is 30.6 Å². The van der Waals surface area contributed by atoms with Gasteiger partial charge in [-0.2, -0.15) is 0 Å². The number of esters is 1. The number of carbonyl (C=O) groups is 3. The first-order chi connectivity index (χ1) is 16.9. The number of aromatic nitrogens is 2. The zero-order valence-electron chi connectivity index (χ0n) is 21.5. The summed E-state index contributed by atoms with van der Waals surface area (Å²) in [6.07, 6.45) is 7.35. The van der Waals surface area contributed by atoms with Crippen LogP contribution in [0.3, 0.4) is 0 Å². The van der Waals surface area contributed by atoms with E-state index >= 15 is 0 Å². The lowest BCUT2D eigenvalue weighted by Crippen LogP contribution is -2.35. The smallest absolute Gasteiger partial charge is 0.410 e. The molecule has 9 nitrogen and oxygen atoms in total. The first kappa shape index (κ1) is 25.3. The van der Waals surface area contributed by atoms with E-state index in [-0.39, 0.29) is 17.7 Å². The maximum atomic E-state index is 13.2. The lowest BCUT2D eigenvalue weighted by molar-refractivity contribution is -0.120. The number of fused-ring (bicyclic) bond motifs is 3. The molecule has 2 amide bonds. The van der Waals surface area contributed by atoms with Gasteiger partial charge in [0.05, 0.1) is 11.5 Å². The molecule has 0 radical (unpaired) electrons. The summed E-state index contributed by atoms with van der Waals surface area (Å²) in [5.41, 5.74) is 2.35. The predicted molar refractivity (Wildman–Crippen MR) is 135 cm³/mol. The molecular weight excluding hydrogens is 460 g/mol. The Morgan fingerprint density at radius 3 is 2.58 bits per heavy atom. The highest BCUT2D eigenvalue weighted by Gasteiger charge is 2.51. The number of carbonyl (C=O) groups excluding carboxylic acids is 3. The molecule has 2 aromatic rings. The summed E-state index contributed by atoms with van der Waals surface area (Å²) in [6.45, 7) is 9.41. The van der Waals surface area contributed by atoms with Crippen molar-refractivity contribution < 1.29 is 23.9 Å². The van der Waals surface area contributed by atoms with Crippen molar-refractivity contribution in [3.05, 3.63) is 58.6 Å². The van der Waals surface area contributed by atoms with Crippen molar-refractivity contribution in [2.24, 2.45) is 0 Å². The van der Waals surface area contributed by atoms with Crippen molar-refractivity contribution in [3.8, 4) is 0 Å². The Bertz CT molecular complexity index is 1250. The first-order valence-corrected chi connectivity index (χ1v) is 12.0. The Kier molecular flexibility index (Phi) is 6.60. The number of nitrogens with zero attached hydrogens (tertiary/aromatic N) is 3. The summed E-state index contributed by atoms with van der Waals surface area (Å²) in [5.74, 6) is -0.0445. The van der Waals surface area contributed by atoms with Crippen molar-refractivity contribution in [2.75, 3.05) is 18.9 Å². The third-order valence-corrected chi connectivity index (χ3v) is 6.10. The predicted octanol–water partition coefficient (Wildman–Crippen LogP) is 3.91. The van der Waals surface area contributed by atoms with E-state index < -0.39 is 23.1 Å². The van der Waals surface area contributed by atoms with Gasteiger partial charge in [-0.15, -0.1) is 0 Å². The van der Waals surface area contributed by atoms with Crippen molar-refractivity contribution in [2.45, 2.75) is 64.6 Å². The standard InChI is InChI=1S/C27H32N4O5/c1-16(2)35-23(32)21-11-18-12-27(13-19(18)15-28-21)20-10-17(14-29-22(20)30-24(27)33)8-7-9-31(6)25(34)36-26(3,4)5/h7-8,10-11,14-16H,9,12-13H2,1-6H3,(H,29,30,33)/b8-7+/t27-/m1/s1. The molecule has 1 spiro atoms. The molecule has 0 unspecified atom stereocenters. The Balaban J connectivity index is 1.52. The van der Waals surface area contributed by atoms with E-state index in [1.807, 2.05) is 39.0 Å². The number of hydrogen-bond acceptors (Lipinski definition) is 7. The number of anilines is 1. The van der Waals surface area contributed by atoms with E-state index in [4.69, 9.17) is 9.47 Å². The fraction of sp³-hybridized carbons (Fsp3) is 0.444. The lowest BCUT2D eigenvalue weighted by atomic mass is 9.79. The fourth-order valence-electron chi connectivity index (χ4n) is 4.45. The highest BCUT2D eigenvalue weighted by molar-refractivity contribution is 6.06. The molecule has 4 rings (SSSR count). The molecule has 1 atom stereocenters. The molecule has 36 heavy (non-hydrogen) atoms. The van der Waals surface area contributed by atoms with Crippen LogP contribution < -0.4 is 5.32 Å². The van der Waals surface area contributed by atoms with Gasteiger partial charge in [0.15, 0.2) is 0 Å². The maximum absolute atomic E-state index is 13.2. The van der Waals surface area contributed by atoms with E-state index in [2.05, 4.69) is 15.3 Å². The maximum Gasteiger partial charge on any atom is 0.410 e. The molecule has 190 valence electrons. The summed E-state index contributed by atoms with van der Waals surface area (Å²) in [6, 6.07) is 3.68. The van der Waals surface area contributed by atoms with E-state index in [1.54, 1.807) is 39.4 Å². The quantitative estimate of drug-likeness (QED) is 0.630. The first-order valence-electron chi connectivity index (χ1n) is 12.0. The molecule has 0 saturated carbocycles. The minimum atomic E-state index is -0.802. The SMILES string of the molecule is CC(C)OC(=O)c1cc2c(cn1)C[C@@]1(C2)C(=O)Nc2ncc(/C=C/CN(C)C(=O)OC(C)(C)C)cc21. The third-order valence-electron chi connectivity index (χ3n) is 6.10. The van der Waals surface area contributed by atoms with Gasteiger partial charge >= 0.3 is 12.1 Å². The summed E-state index contributed by atoms with van der Waals surface area (Å²) in [4.78, 5) is 47.9. The van der Waals surface area contributed by atoms with Crippen LogP contribution in [-0.4, -0.2) is 58.1 Å². The van der Waals surface area contributed by atoms with Gasteiger partial charge < -0.3 is 19.7 Å². The summed E-state index contributed by atoms with van der Waals surface area (Å²) < 4.78 is 10.6. The zero-order chi connectivity index (χ0) is 26.3. The molecule has 2 aliphatic rings. The number of pyridine rings is 2. The Labute approximate surface area is 210 Å². The number of nitrogens with one attached hydrogen (secondary N) is 1. The van der Waals surface area contributed by atoms with Crippen molar-refractivity contribution in [3.63, 3.8) is 0 Å². The van der Waals surface area contributed by atoms with Crippen LogP contribution in [0, 0.1) is 0 Å². The van der Waals surface area contributed by atoms with Gasteiger partial charge in [0.1, 0.15) is 17.1 Å². The molecule has 0 saturated heterocycles. The molecular formula is C27H32N4O5. The van der Waals surface area contributed by atoms with Crippen LogP contribution in [-0.2, 0) is 32.5 Å². The van der Waals surface area contributed by atoms with Gasteiger partial charge in [-0.1, -0.05) is 12.2 Å². The van der Waals surface area contributed by atoms with Crippen LogP contribution in [0.25, 0.3) is 6.08 Å². The molecule has 9 heteroatoms. The third kappa shape index (κ3) is 5.10. The molecule has 1 aliphatic carbocycles. The van der Waals surface area contributed by atoms with Gasteiger partial charge in [0.2, 0.25) is 5.91 Å². The molecule has 1 N–H and O–H groups in total. The van der Waals surface area contributed by atoms with Crippen molar-refractivity contribution in [1.29, 1.82) is 0 Å². The van der Waals surface area contributed by atoms with Crippen LogP contribution in [0.4, 0.5) is 10.6 Å². The van der Waals surface area contributed by atoms with Gasteiger partial charge in [0.25, 0.3) is 0 Å². The molecule has 0 bridgehead atoms. The average molecular weight is 493 g/mol. The number of likely N-dealkylation sites (N-methyl/N-ethyl adjacent to an activating group) is 1. The highest BCUT2D eigenvalue weighted by atomic mass is 16.6. The topological polar surface area (TPSA) is 111 Å². The average Bonchev–Trinajstić information content (AvgIpc) is 3.29. The summed E-state index contributed by atoms with van der Waals surface area (Å²) in [5, 5.41) is 2.91. The number of hydrogen-bond donors (Lipinski definition) is 1. The molecule has 0 fully saturated rings. The Morgan fingerprint density at radius 1 is 1.17 bits per heavy atom. The van der Waals surface area contributed by atoms with Gasteiger partial charge in [-0.3, -0.25) is 4.79 Å². The van der Waals surface area contributed by atoms with Crippen LogP contribution in [0.5, 0.6) is 0 Å². The summed E-state index contributed by atoms with van der Waals surface area (Å²) >= 11 is 0. The second-order valence-corrected chi connectivity index (χ2v) is 10.6. The normalized spacial score (nSPS) is 18.4. The molecule has 3 heterocycles. The monoisotopic (exact) mass is 492 g/mol. The summed E-state index contributed by atoms with van der Waals surface area (Å²) in [7, 11) is 1.67. The fourth-order valence-corrected chi connectivity index (χ4v) is 4.45. The van der Waals surface area contributed by atoms with Crippen LogP contribution >= 0.6 is 0 Å². The van der Waals surface area contributed by atoms with Crippen LogP contribution in [0.2, 0.25) is 0 Å². The lowest BCUT2D eigenvalue weighted by Gasteiger charge is -2.23. The van der Waals surface area contributed by atoms with E-state index in [9.17, 15) is 14.4 Å². The molecule has 2 aromatic heterocycles. The number of ether oxygens (including phenoxy) is 2. The second kappa shape index (κ2) is 9.37. The van der Waals surface area contributed by atoms with Gasteiger partial charge in [-0.25, -0.2) is 19.6 Å². The Morgan fingerprint density at radius 2 is 1.89 bits per heavy atom. The van der Waals surface area contributed by atoms with E-state index in [1.165, 1.54) is 4.90 Å². The minimum absolute atomic E-state index is 0.113.